The van der Waals surface area contributed by atoms with E-state index in [1.165, 1.54) is 0 Å². The Bertz CT molecular complexity index is 287. The molecule has 0 aromatic heterocycles. The Hall–Kier alpha value is -0.650. The second-order valence-corrected chi connectivity index (χ2v) is 5.77. The van der Waals surface area contributed by atoms with E-state index in [0.29, 0.717) is 6.04 Å². The van der Waals surface area contributed by atoms with Crippen molar-refractivity contribution in [1.82, 2.24) is 15.1 Å². The van der Waals surface area contributed by atoms with Gasteiger partial charge in [0.05, 0.1) is 0 Å². The van der Waals surface area contributed by atoms with E-state index in [2.05, 4.69) is 10.2 Å². The normalized spacial score (nSPS) is 31.3. The fraction of sp³-hybridized carbons (Fsp3) is 0.923. The molecule has 2 atom stereocenters. The van der Waals surface area contributed by atoms with Crippen LogP contribution in [-0.4, -0.2) is 68.1 Å². The number of likely N-dealkylation sites (tertiary alicyclic amines) is 1. The summed E-state index contributed by atoms with van der Waals surface area (Å²) in [4.78, 5) is 16.1. The summed E-state index contributed by atoms with van der Waals surface area (Å²) in [5.41, 5.74) is 6.17. The average Bonchev–Trinajstić information content (AvgIpc) is 2.38. The number of amides is 1. The lowest BCUT2D eigenvalue weighted by atomic mass is 9.91. The van der Waals surface area contributed by atoms with Gasteiger partial charge < -0.3 is 16.0 Å². The minimum Gasteiger partial charge on any atom is -0.349 e. The van der Waals surface area contributed by atoms with Gasteiger partial charge in [-0.25, -0.2) is 0 Å². The molecule has 0 radical (unpaired) electrons. The molecule has 0 saturated carbocycles. The van der Waals surface area contributed by atoms with Crippen molar-refractivity contribution in [3.8, 4) is 0 Å². The standard InChI is InChI=1S/C13H26N4O/c1-16(2)13(18)10-4-7-17(8-5-10)12-3-6-15-9-11(12)14/h10-12,15H,3-9,14H2,1-2H3. The minimum absolute atomic E-state index is 0.217. The van der Waals surface area contributed by atoms with Crippen molar-refractivity contribution in [2.75, 3.05) is 40.3 Å². The van der Waals surface area contributed by atoms with Crippen LogP contribution in [0.15, 0.2) is 0 Å². The van der Waals surface area contributed by atoms with Crippen molar-refractivity contribution in [3.63, 3.8) is 0 Å². The molecule has 0 aromatic carbocycles. The molecule has 3 N–H and O–H groups in total. The fourth-order valence-electron chi connectivity index (χ4n) is 3.17. The van der Waals surface area contributed by atoms with Crippen LogP contribution in [0.3, 0.4) is 0 Å². The second kappa shape index (κ2) is 5.99. The molecule has 2 rings (SSSR count). The third kappa shape index (κ3) is 3.02. The van der Waals surface area contributed by atoms with Crippen LogP contribution >= 0.6 is 0 Å². The maximum absolute atomic E-state index is 11.9. The molecule has 2 heterocycles. The second-order valence-electron chi connectivity index (χ2n) is 5.77. The van der Waals surface area contributed by atoms with Crippen LogP contribution in [0.1, 0.15) is 19.3 Å². The zero-order valence-corrected chi connectivity index (χ0v) is 11.6. The van der Waals surface area contributed by atoms with Gasteiger partial charge in [0, 0.05) is 38.6 Å². The molecule has 0 aromatic rings. The molecule has 1 amide bonds. The molecular weight excluding hydrogens is 228 g/mol. The van der Waals surface area contributed by atoms with Crippen LogP contribution in [0.5, 0.6) is 0 Å². The van der Waals surface area contributed by atoms with Gasteiger partial charge in [0.25, 0.3) is 0 Å². The van der Waals surface area contributed by atoms with Gasteiger partial charge >= 0.3 is 0 Å². The predicted molar refractivity (Wildman–Crippen MR) is 72.2 cm³/mol. The predicted octanol–water partition coefficient (Wildman–Crippen LogP) is -0.524. The topological polar surface area (TPSA) is 61.6 Å². The highest BCUT2D eigenvalue weighted by atomic mass is 16.2. The van der Waals surface area contributed by atoms with Crippen molar-refractivity contribution in [3.05, 3.63) is 0 Å². The first-order chi connectivity index (χ1) is 8.59. The van der Waals surface area contributed by atoms with Crippen LogP contribution < -0.4 is 11.1 Å². The van der Waals surface area contributed by atoms with Gasteiger partial charge in [0.1, 0.15) is 0 Å². The maximum atomic E-state index is 11.9. The number of piperidine rings is 2. The lowest BCUT2D eigenvalue weighted by Crippen LogP contribution is -2.58. The van der Waals surface area contributed by atoms with Crippen LogP contribution in [0.4, 0.5) is 0 Å². The van der Waals surface area contributed by atoms with E-state index in [1.54, 1.807) is 4.90 Å². The van der Waals surface area contributed by atoms with E-state index >= 15 is 0 Å². The quantitative estimate of drug-likeness (QED) is 0.696. The fourth-order valence-corrected chi connectivity index (χ4v) is 3.17. The summed E-state index contributed by atoms with van der Waals surface area (Å²) in [6, 6.07) is 0.738. The van der Waals surface area contributed by atoms with Crippen LogP contribution in [0.25, 0.3) is 0 Å². The Morgan fingerprint density at radius 3 is 2.50 bits per heavy atom. The maximum Gasteiger partial charge on any atom is 0.225 e. The number of nitrogens with two attached hydrogens (primary N) is 1. The molecule has 5 nitrogen and oxygen atoms in total. The number of hydrogen-bond acceptors (Lipinski definition) is 4. The largest absolute Gasteiger partial charge is 0.349 e. The highest BCUT2D eigenvalue weighted by Crippen LogP contribution is 2.23. The molecule has 2 aliphatic heterocycles. The van der Waals surface area contributed by atoms with Gasteiger partial charge in [-0.3, -0.25) is 9.69 Å². The van der Waals surface area contributed by atoms with Gasteiger partial charge in [-0.1, -0.05) is 0 Å². The average molecular weight is 254 g/mol. The molecule has 2 fully saturated rings. The van der Waals surface area contributed by atoms with E-state index in [1.807, 2.05) is 14.1 Å². The monoisotopic (exact) mass is 254 g/mol. The third-order valence-electron chi connectivity index (χ3n) is 4.28. The first kappa shape index (κ1) is 13.8. The number of carbonyl (C=O) groups is 1. The van der Waals surface area contributed by atoms with E-state index in [-0.39, 0.29) is 17.9 Å². The molecule has 2 saturated heterocycles. The Kier molecular flexibility index (Phi) is 4.59. The molecule has 0 aliphatic carbocycles. The van der Waals surface area contributed by atoms with Crippen molar-refractivity contribution in [1.29, 1.82) is 0 Å². The number of nitrogens with one attached hydrogen (secondary N) is 1. The first-order valence-electron chi connectivity index (χ1n) is 7.01. The van der Waals surface area contributed by atoms with Crippen molar-refractivity contribution < 1.29 is 4.79 Å². The number of carbonyl (C=O) groups excluding carboxylic acids is 1. The highest BCUT2D eigenvalue weighted by molar-refractivity contribution is 5.78. The Morgan fingerprint density at radius 1 is 1.28 bits per heavy atom. The molecular formula is C13H26N4O. The first-order valence-corrected chi connectivity index (χ1v) is 7.01. The number of rotatable bonds is 2. The molecule has 0 bridgehead atoms. The van der Waals surface area contributed by atoms with Gasteiger partial charge in [0.15, 0.2) is 0 Å². The zero-order chi connectivity index (χ0) is 13.1. The van der Waals surface area contributed by atoms with E-state index in [4.69, 9.17) is 5.73 Å². The molecule has 2 aliphatic rings. The smallest absolute Gasteiger partial charge is 0.225 e. The molecule has 0 spiro atoms. The zero-order valence-electron chi connectivity index (χ0n) is 11.6. The van der Waals surface area contributed by atoms with Gasteiger partial charge in [0.2, 0.25) is 5.91 Å². The highest BCUT2D eigenvalue weighted by Gasteiger charge is 2.32. The minimum atomic E-state index is 0.217. The van der Waals surface area contributed by atoms with Gasteiger partial charge in [-0.05, 0) is 38.9 Å². The molecule has 2 unspecified atom stereocenters. The lowest BCUT2D eigenvalue weighted by molar-refractivity contribution is -0.134. The van der Waals surface area contributed by atoms with Crippen molar-refractivity contribution >= 4 is 5.91 Å². The van der Waals surface area contributed by atoms with Crippen molar-refractivity contribution in [2.24, 2.45) is 11.7 Å². The van der Waals surface area contributed by atoms with Gasteiger partial charge in [-0.15, -0.1) is 0 Å². The summed E-state index contributed by atoms with van der Waals surface area (Å²) in [6.07, 6.45) is 3.09. The summed E-state index contributed by atoms with van der Waals surface area (Å²) in [5.74, 6) is 0.499. The number of nitrogens with zero attached hydrogens (tertiary/aromatic N) is 2. The van der Waals surface area contributed by atoms with Crippen molar-refractivity contribution in [2.45, 2.75) is 31.3 Å². The Labute approximate surface area is 110 Å². The van der Waals surface area contributed by atoms with Gasteiger partial charge in [-0.2, -0.15) is 0 Å². The molecule has 5 heteroatoms. The van der Waals surface area contributed by atoms with Crippen LogP contribution in [0.2, 0.25) is 0 Å². The SMILES string of the molecule is CN(C)C(=O)C1CCN(C2CCNCC2N)CC1. The molecule has 18 heavy (non-hydrogen) atoms. The lowest BCUT2D eigenvalue weighted by Gasteiger charge is -2.42. The molecule has 104 valence electrons. The number of hydrogen-bond donors (Lipinski definition) is 2. The Balaban J connectivity index is 1.84. The third-order valence-corrected chi connectivity index (χ3v) is 4.28. The summed E-state index contributed by atoms with van der Waals surface area (Å²) in [6.45, 7) is 4.02. The van der Waals surface area contributed by atoms with E-state index in [0.717, 1.165) is 45.4 Å². The summed E-state index contributed by atoms with van der Waals surface area (Å²) in [7, 11) is 3.69. The van der Waals surface area contributed by atoms with Crippen LogP contribution in [-0.2, 0) is 4.79 Å². The Morgan fingerprint density at radius 2 is 1.94 bits per heavy atom. The van der Waals surface area contributed by atoms with Crippen LogP contribution in [0, 0.1) is 5.92 Å². The summed E-state index contributed by atoms with van der Waals surface area (Å²) in [5, 5.41) is 3.33. The summed E-state index contributed by atoms with van der Waals surface area (Å²) < 4.78 is 0. The van der Waals surface area contributed by atoms with E-state index in [9.17, 15) is 4.79 Å². The summed E-state index contributed by atoms with van der Waals surface area (Å²) >= 11 is 0. The van der Waals surface area contributed by atoms with E-state index < -0.39 is 0 Å².